The Bertz CT molecular complexity index is 922. The topological polar surface area (TPSA) is 79.0 Å². The standard InChI is InChI=1S/C22H31N3O4S/c1-6-25(7-2)30(27,28)20-14-10-18(11-15-20)22(26)23-16-21(24(3)4)17-8-12-19(29-5)13-9-17/h8-15,21H,6-7,16H2,1-5H3,(H,23,26). The Balaban J connectivity index is 2.09. The minimum atomic E-state index is -3.54. The minimum Gasteiger partial charge on any atom is -0.497 e. The van der Waals surface area contributed by atoms with Crippen molar-refractivity contribution in [1.29, 1.82) is 0 Å². The Morgan fingerprint density at radius 3 is 2.03 bits per heavy atom. The highest BCUT2D eigenvalue weighted by molar-refractivity contribution is 7.89. The fraction of sp³-hybridized carbons (Fsp3) is 0.409. The van der Waals surface area contributed by atoms with Crippen molar-refractivity contribution >= 4 is 15.9 Å². The molecule has 1 amide bonds. The number of ether oxygens (including phenoxy) is 1. The molecule has 7 nitrogen and oxygen atoms in total. The number of sulfonamides is 1. The van der Waals surface area contributed by atoms with Gasteiger partial charge in [-0.1, -0.05) is 26.0 Å². The van der Waals surface area contributed by atoms with Gasteiger partial charge in [0.15, 0.2) is 0 Å². The molecule has 0 aliphatic heterocycles. The zero-order chi connectivity index (χ0) is 22.3. The van der Waals surface area contributed by atoms with Crippen molar-refractivity contribution in [2.45, 2.75) is 24.8 Å². The third-order valence-electron chi connectivity index (χ3n) is 5.04. The van der Waals surface area contributed by atoms with Crippen LogP contribution < -0.4 is 10.1 Å². The first-order valence-electron chi connectivity index (χ1n) is 9.93. The average molecular weight is 434 g/mol. The Morgan fingerprint density at radius 1 is 1.00 bits per heavy atom. The van der Waals surface area contributed by atoms with E-state index >= 15 is 0 Å². The normalized spacial score (nSPS) is 12.8. The zero-order valence-corrected chi connectivity index (χ0v) is 19.1. The van der Waals surface area contributed by atoms with E-state index in [-0.39, 0.29) is 16.8 Å². The van der Waals surface area contributed by atoms with Crippen LogP contribution in [-0.2, 0) is 10.0 Å². The number of nitrogens with zero attached hydrogens (tertiary/aromatic N) is 2. The molecule has 0 saturated carbocycles. The molecule has 0 bridgehead atoms. The Morgan fingerprint density at radius 2 is 1.57 bits per heavy atom. The van der Waals surface area contributed by atoms with E-state index in [2.05, 4.69) is 5.32 Å². The number of hydrogen-bond donors (Lipinski definition) is 1. The summed E-state index contributed by atoms with van der Waals surface area (Å²) in [5.41, 5.74) is 1.47. The number of carbonyl (C=O) groups excluding carboxylic acids is 1. The lowest BCUT2D eigenvalue weighted by molar-refractivity contribution is 0.0941. The molecule has 0 aliphatic rings. The second-order valence-corrected chi connectivity index (χ2v) is 9.01. The van der Waals surface area contributed by atoms with E-state index in [1.54, 1.807) is 33.1 Å². The predicted octanol–water partition coefficient (Wildman–Crippen LogP) is 2.76. The number of rotatable bonds is 10. The SMILES string of the molecule is CCN(CC)S(=O)(=O)c1ccc(C(=O)NCC(c2ccc(OC)cc2)N(C)C)cc1. The zero-order valence-electron chi connectivity index (χ0n) is 18.3. The molecule has 0 spiro atoms. The fourth-order valence-electron chi connectivity index (χ4n) is 3.21. The Hall–Kier alpha value is -2.42. The highest BCUT2D eigenvalue weighted by atomic mass is 32.2. The number of likely N-dealkylation sites (N-methyl/N-ethyl adjacent to an activating group) is 1. The van der Waals surface area contributed by atoms with Crippen LogP contribution in [0.2, 0.25) is 0 Å². The average Bonchev–Trinajstić information content (AvgIpc) is 2.74. The first-order chi connectivity index (χ1) is 14.2. The predicted molar refractivity (Wildman–Crippen MR) is 118 cm³/mol. The van der Waals surface area contributed by atoms with E-state index < -0.39 is 10.0 Å². The van der Waals surface area contributed by atoms with Crippen LogP contribution in [0.25, 0.3) is 0 Å². The molecule has 1 atom stereocenters. The van der Waals surface area contributed by atoms with Crippen molar-refractivity contribution in [2.75, 3.05) is 40.8 Å². The summed E-state index contributed by atoms with van der Waals surface area (Å²) in [5, 5.41) is 2.94. The van der Waals surface area contributed by atoms with Gasteiger partial charge in [0.1, 0.15) is 5.75 Å². The number of hydrogen-bond acceptors (Lipinski definition) is 5. The molecule has 0 aromatic heterocycles. The van der Waals surface area contributed by atoms with Crippen molar-refractivity contribution in [3.63, 3.8) is 0 Å². The molecular formula is C22H31N3O4S. The molecule has 0 radical (unpaired) electrons. The molecule has 8 heteroatoms. The van der Waals surface area contributed by atoms with Crippen LogP contribution in [-0.4, -0.2) is 64.4 Å². The number of amides is 1. The van der Waals surface area contributed by atoms with Crippen LogP contribution in [0.3, 0.4) is 0 Å². The lowest BCUT2D eigenvalue weighted by Gasteiger charge is -2.25. The van der Waals surface area contributed by atoms with Crippen LogP contribution >= 0.6 is 0 Å². The molecule has 2 aromatic rings. The van der Waals surface area contributed by atoms with E-state index in [1.165, 1.54) is 16.4 Å². The highest BCUT2D eigenvalue weighted by Crippen LogP contribution is 2.21. The van der Waals surface area contributed by atoms with Gasteiger partial charge in [0, 0.05) is 25.2 Å². The van der Waals surface area contributed by atoms with Gasteiger partial charge in [-0.15, -0.1) is 0 Å². The van der Waals surface area contributed by atoms with Crippen molar-refractivity contribution in [3.05, 3.63) is 59.7 Å². The number of carbonyl (C=O) groups is 1. The molecule has 1 unspecified atom stereocenters. The maximum atomic E-state index is 12.6. The van der Waals surface area contributed by atoms with Gasteiger partial charge in [-0.3, -0.25) is 4.79 Å². The van der Waals surface area contributed by atoms with Gasteiger partial charge in [0.2, 0.25) is 10.0 Å². The van der Waals surface area contributed by atoms with Gasteiger partial charge in [0.05, 0.1) is 18.0 Å². The van der Waals surface area contributed by atoms with Gasteiger partial charge < -0.3 is 15.0 Å². The molecule has 0 saturated heterocycles. The second-order valence-electron chi connectivity index (χ2n) is 7.08. The molecule has 1 N–H and O–H groups in total. The first-order valence-corrected chi connectivity index (χ1v) is 11.4. The van der Waals surface area contributed by atoms with Crippen LogP contribution in [0, 0.1) is 0 Å². The molecule has 0 aliphatic carbocycles. The third-order valence-corrected chi connectivity index (χ3v) is 7.10. The van der Waals surface area contributed by atoms with Crippen LogP contribution in [0.4, 0.5) is 0 Å². The first kappa shape index (κ1) is 23.9. The van der Waals surface area contributed by atoms with E-state index in [9.17, 15) is 13.2 Å². The lowest BCUT2D eigenvalue weighted by atomic mass is 10.1. The molecule has 0 fully saturated rings. The van der Waals surface area contributed by atoms with Gasteiger partial charge >= 0.3 is 0 Å². The summed E-state index contributed by atoms with van der Waals surface area (Å²) in [6.45, 7) is 4.81. The number of methoxy groups -OCH3 is 1. The van der Waals surface area contributed by atoms with Crippen molar-refractivity contribution in [2.24, 2.45) is 0 Å². The molecule has 30 heavy (non-hydrogen) atoms. The monoisotopic (exact) mass is 433 g/mol. The number of benzene rings is 2. The van der Waals surface area contributed by atoms with Crippen molar-refractivity contribution in [3.8, 4) is 5.75 Å². The van der Waals surface area contributed by atoms with Gasteiger partial charge in [-0.25, -0.2) is 8.42 Å². The van der Waals surface area contributed by atoms with Gasteiger partial charge in [-0.2, -0.15) is 4.31 Å². The molecule has 0 heterocycles. The second kappa shape index (κ2) is 10.6. The maximum Gasteiger partial charge on any atom is 0.251 e. The minimum absolute atomic E-state index is 0.0119. The molecule has 2 rings (SSSR count). The van der Waals surface area contributed by atoms with E-state index in [0.717, 1.165) is 11.3 Å². The summed E-state index contributed by atoms with van der Waals surface area (Å²) in [6, 6.07) is 13.8. The summed E-state index contributed by atoms with van der Waals surface area (Å²) >= 11 is 0. The Kier molecular flexibility index (Phi) is 8.40. The number of nitrogens with one attached hydrogen (secondary N) is 1. The third kappa shape index (κ3) is 5.59. The lowest BCUT2D eigenvalue weighted by Crippen LogP contribution is -2.34. The van der Waals surface area contributed by atoms with Crippen molar-refractivity contribution < 1.29 is 17.9 Å². The van der Waals surface area contributed by atoms with Gasteiger partial charge in [-0.05, 0) is 56.1 Å². The van der Waals surface area contributed by atoms with Gasteiger partial charge in [0.25, 0.3) is 5.91 Å². The van der Waals surface area contributed by atoms with Crippen LogP contribution in [0.15, 0.2) is 53.4 Å². The van der Waals surface area contributed by atoms with E-state index in [0.29, 0.717) is 25.2 Å². The summed E-state index contributed by atoms with van der Waals surface area (Å²) in [7, 11) is 1.99. The quantitative estimate of drug-likeness (QED) is 0.623. The smallest absolute Gasteiger partial charge is 0.251 e. The fourth-order valence-corrected chi connectivity index (χ4v) is 4.66. The van der Waals surface area contributed by atoms with Crippen LogP contribution in [0.5, 0.6) is 5.75 Å². The van der Waals surface area contributed by atoms with E-state index in [1.807, 2.05) is 43.3 Å². The van der Waals surface area contributed by atoms with Crippen LogP contribution in [0.1, 0.15) is 35.8 Å². The molecular weight excluding hydrogens is 402 g/mol. The summed E-state index contributed by atoms with van der Waals surface area (Å²) in [5.74, 6) is 0.530. The summed E-state index contributed by atoms with van der Waals surface area (Å²) < 4.78 is 31.7. The Labute approximate surface area is 179 Å². The molecule has 164 valence electrons. The largest absolute Gasteiger partial charge is 0.497 e. The molecule has 2 aromatic carbocycles. The maximum absolute atomic E-state index is 12.6. The summed E-state index contributed by atoms with van der Waals surface area (Å²) in [4.78, 5) is 14.8. The van der Waals surface area contributed by atoms with Crippen molar-refractivity contribution in [1.82, 2.24) is 14.5 Å². The highest BCUT2D eigenvalue weighted by Gasteiger charge is 2.22. The van der Waals surface area contributed by atoms with E-state index in [4.69, 9.17) is 4.74 Å². The summed E-state index contributed by atoms with van der Waals surface area (Å²) in [6.07, 6.45) is 0.